The number of nitrogens with one attached hydrogen (secondary N) is 1. The summed E-state index contributed by atoms with van der Waals surface area (Å²) in [5.41, 5.74) is 5.55. The first-order valence-electron chi connectivity index (χ1n) is 9.10. The molecule has 1 aliphatic heterocycles. The van der Waals surface area contributed by atoms with Gasteiger partial charge >= 0.3 is 5.63 Å². The van der Waals surface area contributed by atoms with E-state index < -0.39 is 0 Å². The van der Waals surface area contributed by atoms with Crippen LogP contribution in [0.25, 0.3) is 16.7 Å². The molecule has 1 aromatic heterocycles. The van der Waals surface area contributed by atoms with Gasteiger partial charge in [-0.2, -0.15) is 0 Å². The number of hydrogen-bond acceptors (Lipinski definition) is 7. The van der Waals surface area contributed by atoms with Crippen LogP contribution in [-0.2, 0) is 4.84 Å². The molecule has 7 heteroatoms. The van der Waals surface area contributed by atoms with Crippen LogP contribution in [-0.4, -0.2) is 26.9 Å². The number of aryl methyl sites for hydroxylation is 1. The van der Waals surface area contributed by atoms with Crippen LogP contribution in [0.5, 0.6) is 17.2 Å². The van der Waals surface area contributed by atoms with Gasteiger partial charge in [0.2, 0.25) is 0 Å². The molecule has 4 rings (SSSR count). The third kappa shape index (κ3) is 3.90. The zero-order valence-electron chi connectivity index (χ0n) is 16.4. The van der Waals surface area contributed by atoms with E-state index in [1.165, 1.54) is 6.07 Å². The molecule has 29 heavy (non-hydrogen) atoms. The molecule has 1 atom stereocenters. The topological polar surface area (TPSA) is 79.2 Å². The Bertz CT molecular complexity index is 1130. The first-order chi connectivity index (χ1) is 14.1. The summed E-state index contributed by atoms with van der Waals surface area (Å²) in [6, 6.07) is 12.5. The predicted molar refractivity (Wildman–Crippen MR) is 108 cm³/mol. The second kappa shape index (κ2) is 7.89. The third-order valence-corrected chi connectivity index (χ3v) is 4.71. The molecule has 0 bridgehead atoms. The van der Waals surface area contributed by atoms with Gasteiger partial charge in [0.1, 0.15) is 35.5 Å². The van der Waals surface area contributed by atoms with Crippen LogP contribution in [0.15, 0.2) is 57.8 Å². The van der Waals surface area contributed by atoms with Crippen molar-refractivity contribution in [2.24, 2.45) is 0 Å². The Labute approximate surface area is 167 Å². The number of hydrogen-bond donors (Lipinski definition) is 1. The number of fused-ring (bicyclic) bond motifs is 1. The van der Waals surface area contributed by atoms with Gasteiger partial charge in [-0.3, -0.25) is 10.3 Å². The Morgan fingerprint density at radius 3 is 2.66 bits per heavy atom. The molecule has 0 saturated carbocycles. The van der Waals surface area contributed by atoms with Crippen LogP contribution in [0.3, 0.4) is 0 Å². The highest BCUT2D eigenvalue weighted by Gasteiger charge is 2.21. The van der Waals surface area contributed by atoms with E-state index >= 15 is 0 Å². The third-order valence-electron chi connectivity index (χ3n) is 4.71. The van der Waals surface area contributed by atoms with Gasteiger partial charge in [-0.15, -0.1) is 0 Å². The summed E-state index contributed by atoms with van der Waals surface area (Å²) in [5, 5.41) is 0.879. The summed E-state index contributed by atoms with van der Waals surface area (Å²) in [7, 11) is 3.21. The molecule has 2 heterocycles. The lowest BCUT2D eigenvalue weighted by Crippen LogP contribution is -2.19. The van der Waals surface area contributed by atoms with Crippen LogP contribution in [0.1, 0.15) is 11.1 Å². The minimum Gasteiger partial charge on any atom is -0.497 e. The van der Waals surface area contributed by atoms with Gasteiger partial charge in [0, 0.05) is 29.1 Å². The lowest BCUT2D eigenvalue weighted by molar-refractivity contribution is 0.0235. The monoisotopic (exact) mass is 395 g/mol. The summed E-state index contributed by atoms with van der Waals surface area (Å²) in [5.74, 6) is 1.98. The highest BCUT2D eigenvalue weighted by molar-refractivity contribution is 5.81. The van der Waals surface area contributed by atoms with Crippen LogP contribution < -0.4 is 25.3 Å². The number of benzene rings is 2. The Kier molecular flexibility index (Phi) is 5.14. The van der Waals surface area contributed by atoms with E-state index in [1.807, 2.05) is 43.3 Å². The van der Waals surface area contributed by atoms with Gasteiger partial charge in [0.05, 0.1) is 19.9 Å². The Morgan fingerprint density at radius 2 is 1.86 bits per heavy atom. The fourth-order valence-electron chi connectivity index (χ4n) is 3.21. The maximum absolute atomic E-state index is 11.6. The molecule has 150 valence electrons. The minimum absolute atomic E-state index is 0.288. The SMILES string of the molecule is COc1ccc(C2=C[C@@H](COc3ccc4c(C)cc(=O)oc4c3)ON2)c(OC)c1. The molecule has 0 amide bonds. The largest absolute Gasteiger partial charge is 0.497 e. The van der Waals surface area contributed by atoms with Crippen molar-refractivity contribution < 1.29 is 23.5 Å². The second-order valence-corrected chi connectivity index (χ2v) is 6.62. The van der Waals surface area contributed by atoms with Crippen molar-refractivity contribution in [3.63, 3.8) is 0 Å². The smallest absolute Gasteiger partial charge is 0.336 e. The first-order valence-corrected chi connectivity index (χ1v) is 9.10. The molecule has 2 aromatic carbocycles. The molecule has 1 N–H and O–H groups in total. The Balaban J connectivity index is 1.48. The molecule has 0 saturated heterocycles. The second-order valence-electron chi connectivity index (χ2n) is 6.62. The summed E-state index contributed by atoms with van der Waals surface area (Å²) >= 11 is 0. The van der Waals surface area contributed by atoms with Crippen molar-refractivity contribution in [3.8, 4) is 17.2 Å². The molecule has 3 aromatic rings. The zero-order valence-corrected chi connectivity index (χ0v) is 16.4. The maximum Gasteiger partial charge on any atom is 0.336 e. The van der Waals surface area contributed by atoms with Gasteiger partial charge < -0.3 is 18.6 Å². The quantitative estimate of drug-likeness (QED) is 0.641. The molecule has 0 aliphatic carbocycles. The average molecular weight is 395 g/mol. The van der Waals surface area contributed by atoms with E-state index in [2.05, 4.69) is 5.48 Å². The van der Waals surface area contributed by atoms with Crippen molar-refractivity contribution >= 4 is 16.7 Å². The maximum atomic E-state index is 11.6. The van der Waals surface area contributed by atoms with Crippen LogP contribution in [0.2, 0.25) is 0 Å². The van der Waals surface area contributed by atoms with E-state index in [9.17, 15) is 4.79 Å². The standard InChI is InChI=1S/C22H21NO6/c1-13-8-22(24)28-21-11-15(5-6-17(13)21)27-12-16-9-19(23-29-16)18-7-4-14(25-2)10-20(18)26-3/h4-11,16,23H,12H2,1-3H3/t16-/m0/s1. The molecule has 0 unspecified atom stereocenters. The number of hydroxylamine groups is 1. The number of methoxy groups -OCH3 is 2. The van der Waals surface area contributed by atoms with Gasteiger partial charge in [-0.25, -0.2) is 4.79 Å². The molecule has 1 aliphatic rings. The zero-order chi connectivity index (χ0) is 20.4. The fourth-order valence-corrected chi connectivity index (χ4v) is 3.21. The van der Waals surface area contributed by atoms with Gasteiger partial charge in [-0.1, -0.05) is 0 Å². The lowest BCUT2D eigenvalue weighted by atomic mass is 10.1. The van der Waals surface area contributed by atoms with E-state index in [0.717, 1.165) is 22.2 Å². The Hall–Kier alpha value is -3.45. The normalized spacial score (nSPS) is 15.7. The number of ether oxygens (including phenoxy) is 3. The molecule has 0 radical (unpaired) electrons. The van der Waals surface area contributed by atoms with Crippen molar-refractivity contribution in [3.05, 3.63) is 70.1 Å². The van der Waals surface area contributed by atoms with Gasteiger partial charge in [0.15, 0.2) is 0 Å². The van der Waals surface area contributed by atoms with E-state index in [0.29, 0.717) is 22.8 Å². The first kappa shape index (κ1) is 18.9. The summed E-state index contributed by atoms with van der Waals surface area (Å²) in [6.45, 7) is 2.16. The van der Waals surface area contributed by atoms with Gasteiger partial charge in [0.25, 0.3) is 0 Å². The van der Waals surface area contributed by atoms with Crippen molar-refractivity contribution in [2.75, 3.05) is 20.8 Å². The van der Waals surface area contributed by atoms with Crippen molar-refractivity contribution in [1.29, 1.82) is 0 Å². The summed E-state index contributed by atoms with van der Waals surface area (Å²) in [6.07, 6.45) is 1.63. The van der Waals surface area contributed by atoms with Gasteiger partial charge in [-0.05, 0) is 42.8 Å². The predicted octanol–water partition coefficient (Wildman–Crippen LogP) is 3.44. The molecular formula is C22H21NO6. The Morgan fingerprint density at radius 1 is 1.03 bits per heavy atom. The fraction of sp³-hybridized carbons (Fsp3) is 0.227. The van der Waals surface area contributed by atoms with Crippen molar-refractivity contribution in [1.82, 2.24) is 5.48 Å². The molecular weight excluding hydrogens is 374 g/mol. The molecule has 7 nitrogen and oxygen atoms in total. The lowest BCUT2D eigenvalue weighted by Gasteiger charge is -2.11. The van der Waals surface area contributed by atoms with Crippen LogP contribution in [0, 0.1) is 6.92 Å². The summed E-state index contributed by atoms with van der Waals surface area (Å²) in [4.78, 5) is 17.2. The van der Waals surface area contributed by atoms with E-state index in [4.69, 9.17) is 23.5 Å². The molecule has 0 spiro atoms. The number of rotatable bonds is 6. The van der Waals surface area contributed by atoms with E-state index in [-0.39, 0.29) is 18.3 Å². The van der Waals surface area contributed by atoms with Crippen LogP contribution in [0.4, 0.5) is 0 Å². The highest BCUT2D eigenvalue weighted by atomic mass is 16.7. The van der Waals surface area contributed by atoms with Crippen molar-refractivity contribution in [2.45, 2.75) is 13.0 Å². The average Bonchev–Trinajstić information content (AvgIpc) is 3.20. The summed E-state index contributed by atoms with van der Waals surface area (Å²) < 4.78 is 21.8. The van der Waals surface area contributed by atoms with Crippen LogP contribution >= 0.6 is 0 Å². The van der Waals surface area contributed by atoms with E-state index in [1.54, 1.807) is 20.3 Å². The highest BCUT2D eigenvalue weighted by Crippen LogP contribution is 2.31. The molecule has 0 fully saturated rings. The minimum atomic E-state index is -0.378.